The molecule has 0 saturated carbocycles. The summed E-state index contributed by atoms with van der Waals surface area (Å²) in [4.78, 5) is 2.41. The number of hydrogen-bond acceptors (Lipinski definition) is 1. The zero-order chi connectivity index (χ0) is 49.0. The quantitative estimate of drug-likeness (QED) is 0.144. The fraction of sp³-hybridized carbons (Fsp3) is 0.0833. The first kappa shape index (κ1) is 43.0. The van der Waals surface area contributed by atoms with Gasteiger partial charge in [-0.1, -0.05) is 208 Å². The molecule has 12 aromatic rings. The van der Waals surface area contributed by atoms with Crippen LogP contribution in [-0.2, 0) is 10.8 Å². The molecule has 0 radical (unpaired) electrons. The summed E-state index contributed by atoms with van der Waals surface area (Å²) in [6, 6.07) is 93.7. The number of fused-ring (bicyclic) bond motifs is 9. The maximum absolute atomic E-state index is 2.51. The van der Waals surface area contributed by atoms with Crippen molar-refractivity contribution in [1.29, 1.82) is 0 Å². The van der Waals surface area contributed by atoms with Gasteiger partial charge in [-0.3, -0.25) is 0 Å². The van der Waals surface area contributed by atoms with Gasteiger partial charge in [-0.2, -0.15) is 0 Å². The van der Waals surface area contributed by atoms with Crippen LogP contribution in [0.15, 0.2) is 249 Å². The fourth-order valence-corrected chi connectivity index (χ4v) is 13.1. The van der Waals surface area contributed by atoms with Gasteiger partial charge in [0, 0.05) is 22.5 Å². The summed E-state index contributed by atoms with van der Waals surface area (Å²) in [5.74, 6) is 0. The van der Waals surface area contributed by atoms with Crippen molar-refractivity contribution in [3.63, 3.8) is 0 Å². The number of benzene rings is 12. The Bertz CT molecular complexity index is 4100. The molecular weight excluding hydrogens is 879 g/mol. The molecule has 0 saturated heterocycles. The topological polar surface area (TPSA) is 3.24 Å². The lowest BCUT2D eigenvalue weighted by Crippen LogP contribution is -2.28. The Hall–Kier alpha value is -8.78. The Labute approximate surface area is 428 Å². The molecular formula is C72H53N. The van der Waals surface area contributed by atoms with Crippen LogP contribution in [0.4, 0.5) is 17.1 Å². The minimum atomic E-state index is -0.457. The van der Waals surface area contributed by atoms with E-state index >= 15 is 0 Å². The van der Waals surface area contributed by atoms with Crippen LogP contribution >= 0.6 is 0 Å². The van der Waals surface area contributed by atoms with E-state index in [2.05, 4.69) is 281 Å². The van der Waals surface area contributed by atoms with Gasteiger partial charge in [-0.15, -0.1) is 0 Å². The van der Waals surface area contributed by atoms with Gasteiger partial charge in [-0.25, -0.2) is 0 Å². The molecule has 2 aliphatic rings. The Morgan fingerprint density at radius 3 is 1.34 bits per heavy atom. The SMILES string of the molecule is Cc1cccc(N(c2cccc(C)c2)c2ccc3c(c2)C(C)(C)c2cc(-c4c5ccccc5c(-c5ccc(C6(c7ccccc7)c7ccccc7-c7ccccc76)cc5)c5cc6ccccc6cc45)ccc2-3)c1. The predicted octanol–water partition coefficient (Wildman–Crippen LogP) is 19.2. The van der Waals surface area contributed by atoms with Crippen molar-refractivity contribution in [2.24, 2.45) is 0 Å². The molecule has 0 heterocycles. The Morgan fingerprint density at radius 2 is 0.753 bits per heavy atom. The van der Waals surface area contributed by atoms with E-state index in [-0.39, 0.29) is 5.41 Å². The van der Waals surface area contributed by atoms with Crippen LogP contribution < -0.4 is 4.90 Å². The van der Waals surface area contributed by atoms with Crippen LogP contribution in [0.2, 0.25) is 0 Å². The molecule has 0 aromatic heterocycles. The van der Waals surface area contributed by atoms with Crippen LogP contribution in [0.3, 0.4) is 0 Å². The number of nitrogens with zero attached hydrogens (tertiary/aromatic N) is 1. The number of aryl methyl sites for hydroxylation is 2. The van der Waals surface area contributed by atoms with Crippen molar-refractivity contribution in [2.45, 2.75) is 38.5 Å². The number of hydrogen-bond donors (Lipinski definition) is 0. The molecule has 73 heavy (non-hydrogen) atoms. The molecule has 0 unspecified atom stereocenters. The van der Waals surface area contributed by atoms with Crippen LogP contribution in [0.5, 0.6) is 0 Å². The lowest BCUT2D eigenvalue weighted by molar-refractivity contribution is 0.660. The van der Waals surface area contributed by atoms with Crippen molar-refractivity contribution >= 4 is 49.4 Å². The first-order chi connectivity index (χ1) is 35.8. The van der Waals surface area contributed by atoms with Crippen LogP contribution in [-0.4, -0.2) is 0 Å². The standard InChI is InChI=1S/C72H53N/c1-46-18-16-24-54(40-46)73(55-25-17-19-47(2)41-55)56-37-39-60-59-38-34-51(44-67(59)71(3,4)68(60)45-56)70-62-29-11-10-28-61(62)69(63-42-49-20-8-9-21-50(49)43-64(63)70)48-32-35-53(36-33-48)72(52-22-6-5-7-23-52)65-30-14-12-26-57(65)58-27-13-15-31-66(58)72/h5-45H,1-4H3. The van der Waals surface area contributed by atoms with Crippen molar-refractivity contribution < 1.29 is 0 Å². The second kappa shape index (κ2) is 16.4. The highest BCUT2D eigenvalue weighted by Crippen LogP contribution is 2.57. The fourth-order valence-electron chi connectivity index (χ4n) is 13.1. The molecule has 14 rings (SSSR count). The smallest absolute Gasteiger partial charge is 0.0713 e. The van der Waals surface area contributed by atoms with E-state index in [1.54, 1.807) is 0 Å². The van der Waals surface area contributed by atoms with Crippen molar-refractivity contribution in [1.82, 2.24) is 0 Å². The van der Waals surface area contributed by atoms with Gasteiger partial charge in [0.25, 0.3) is 0 Å². The zero-order valence-corrected chi connectivity index (χ0v) is 41.6. The first-order valence-electron chi connectivity index (χ1n) is 25.7. The average molecular weight is 932 g/mol. The van der Waals surface area contributed by atoms with Crippen molar-refractivity contribution in [2.75, 3.05) is 4.90 Å². The molecule has 1 nitrogen and oxygen atoms in total. The molecule has 1 heteroatoms. The number of rotatable bonds is 7. The Kier molecular flexibility index (Phi) is 9.66. The summed E-state index contributed by atoms with van der Waals surface area (Å²) in [6.07, 6.45) is 0. The van der Waals surface area contributed by atoms with Gasteiger partial charge in [0.2, 0.25) is 0 Å². The van der Waals surface area contributed by atoms with Gasteiger partial charge < -0.3 is 4.90 Å². The lowest BCUT2D eigenvalue weighted by atomic mass is 9.67. The molecule has 0 N–H and O–H groups in total. The van der Waals surface area contributed by atoms with Gasteiger partial charge in [0.05, 0.1) is 5.41 Å². The Morgan fingerprint density at radius 1 is 0.301 bits per heavy atom. The minimum Gasteiger partial charge on any atom is -0.310 e. The monoisotopic (exact) mass is 931 g/mol. The highest BCUT2D eigenvalue weighted by atomic mass is 15.1. The van der Waals surface area contributed by atoms with E-state index in [1.807, 2.05) is 0 Å². The maximum Gasteiger partial charge on any atom is 0.0713 e. The maximum atomic E-state index is 2.51. The summed E-state index contributed by atoms with van der Waals surface area (Å²) in [6.45, 7) is 9.17. The van der Waals surface area contributed by atoms with Crippen LogP contribution in [0.1, 0.15) is 58.4 Å². The molecule has 0 aliphatic heterocycles. The van der Waals surface area contributed by atoms with E-state index < -0.39 is 5.41 Å². The summed E-state index contributed by atoms with van der Waals surface area (Å²) >= 11 is 0. The van der Waals surface area contributed by atoms with E-state index in [0.29, 0.717) is 0 Å². The van der Waals surface area contributed by atoms with Crippen LogP contribution in [0.25, 0.3) is 76.8 Å². The summed E-state index contributed by atoms with van der Waals surface area (Å²) < 4.78 is 0. The third-order valence-electron chi connectivity index (χ3n) is 16.4. The molecule has 12 aromatic carbocycles. The van der Waals surface area contributed by atoms with E-state index in [0.717, 1.165) is 17.1 Å². The van der Waals surface area contributed by atoms with Gasteiger partial charge in [0.15, 0.2) is 0 Å². The van der Waals surface area contributed by atoms with Gasteiger partial charge in [0.1, 0.15) is 0 Å². The van der Waals surface area contributed by atoms with E-state index in [4.69, 9.17) is 0 Å². The third kappa shape index (κ3) is 6.48. The van der Waals surface area contributed by atoms with Crippen molar-refractivity contribution in [3.8, 4) is 44.5 Å². The predicted molar refractivity (Wildman–Crippen MR) is 309 cm³/mol. The number of anilines is 3. The lowest BCUT2D eigenvalue weighted by Gasteiger charge is -2.34. The zero-order valence-electron chi connectivity index (χ0n) is 41.6. The van der Waals surface area contributed by atoms with Crippen LogP contribution in [0, 0.1) is 13.8 Å². The molecule has 0 spiro atoms. The van der Waals surface area contributed by atoms with Gasteiger partial charge in [-0.05, 0) is 190 Å². The highest BCUT2D eigenvalue weighted by Gasteiger charge is 2.46. The summed E-state index contributed by atoms with van der Waals surface area (Å²) in [7, 11) is 0. The van der Waals surface area contributed by atoms with E-state index in [1.165, 1.54) is 121 Å². The molecule has 0 atom stereocenters. The Balaban J connectivity index is 0.937. The third-order valence-corrected chi connectivity index (χ3v) is 16.4. The van der Waals surface area contributed by atoms with Crippen molar-refractivity contribution in [3.05, 3.63) is 293 Å². The molecule has 2 aliphatic carbocycles. The molecule has 0 fully saturated rings. The van der Waals surface area contributed by atoms with E-state index in [9.17, 15) is 0 Å². The average Bonchev–Trinajstić information content (AvgIpc) is 3.85. The largest absolute Gasteiger partial charge is 0.310 e. The summed E-state index contributed by atoms with van der Waals surface area (Å²) in [5.41, 5.74) is 23.4. The second-order valence-electron chi connectivity index (χ2n) is 21.0. The highest BCUT2D eigenvalue weighted by molar-refractivity contribution is 6.23. The van der Waals surface area contributed by atoms with Gasteiger partial charge >= 0.3 is 0 Å². The summed E-state index contributed by atoms with van der Waals surface area (Å²) in [5, 5.41) is 7.51. The molecule has 0 bridgehead atoms. The molecule has 0 amide bonds. The first-order valence-corrected chi connectivity index (χ1v) is 25.7. The normalized spacial score (nSPS) is 13.7. The minimum absolute atomic E-state index is 0.251. The second-order valence-corrected chi connectivity index (χ2v) is 21.0. The molecule has 346 valence electrons.